The summed E-state index contributed by atoms with van der Waals surface area (Å²) in [7, 11) is 0. The van der Waals surface area contributed by atoms with E-state index in [4.69, 9.17) is 15.9 Å². The molecule has 1 aromatic heterocycles. The summed E-state index contributed by atoms with van der Waals surface area (Å²) in [6.07, 6.45) is -1.18. The zero-order valence-corrected chi connectivity index (χ0v) is 23.8. The summed E-state index contributed by atoms with van der Waals surface area (Å²) in [5, 5.41) is 14.5. The third-order valence-corrected chi connectivity index (χ3v) is 7.79. The van der Waals surface area contributed by atoms with E-state index in [-0.39, 0.29) is 24.4 Å². The van der Waals surface area contributed by atoms with Crippen LogP contribution in [0.2, 0.25) is 0 Å². The molecule has 1 fully saturated rings. The van der Waals surface area contributed by atoms with Crippen LogP contribution in [0.1, 0.15) is 45.7 Å². The Morgan fingerprint density at radius 1 is 1.10 bits per heavy atom. The number of carbonyl (C=O) groups is 3. The van der Waals surface area contributed by atoms with Crippen LogP contribution in [0.5, 0.6) is 11.5 Å². The molecule has 1 unspecified atom stereocenters. The Morgan fingerprint density at radius 2 is 1.74 bits per heavy atom. The minimum absolute atomic E-state index is 0.107. The number of aryl methyl sites for hydroxylation is 1. The number of nitrogen functional groups attached to an aromatic ring is 1. The number of benzene rings is 2. The fourth-order valence-electron chi connectivity index (χ4n) is 4.44. The lowest BCUT2D eigenvalue weighted by molar-refractivity contribution is -0.160. The van der Waals surface area contributed by atoms with Gasteiger partial charge in [0.15, 0.2) is 0 Å². The minimum atomic E-state index is -3.07. The van der Waals surface area contributed by atoms with E-state index in [0.29, 0.717) is 17.1 Å². The Balaban J connectivity index is 1.36. The number of nitrogens with two attached hydrogens (primary N) is 1. The summed E-state index contributed by atoms with van der Waals surface area (Å²) >= 11 is 1.30. The van der Waals surface area contributed by atoms with Gasteiger partial charge in [-0.15, -0.1) is 11.3 Å². The molecule has 4 rings (SSSR count). The van der Waals surface area contributed by atoms with Crippen molar-refractivity contribution >= 4 is 34.9 Å². The molecule has 5 N–H and O–H groups in total. The van der Waals surface area contributed by atoms with Gasteiger partial charge < -0.3 is 30.7 Å². The highest BCUT2D eigenvalue weighted by atomic mass is 32.1. The number of amides is 3. The van der Waals surface area contributed by atoms with Gasteiger partial charge in [-0.3, -0.25) is 19.8 Å². The number of nitrogens with one attached hydrogen (secondary N) is 3. The van der Waals surface area contributed by atoms with Crippen molar-refractivity contribution in [3.8, 4) is 11.5 Å². The molecule has 42 heavy (non-hydrogen) atoms. The topological polar surface area (TPSA) is 147 Å². The van der Waals surface area contributed by atoms with Gasteiger partial charge in [0.05, 0.1) is 18.7 Å². The molecule has 13 heteroatoms. The molecule has 1 aliphatic heterocycles. The molecule has 2 aromatic carbocycles. The standard InChI is InChI=1S/C29H31F2N5O5S/c1-16-3-7-20(8-4-16)40-21-9-5-18(6-10-21)27(38)34-13-25(37)36-14-22(41-29(30)31)12-23(36)28(39)35-17(2)24-11-19(15-42-24)26(32)33/h3-11,15,17,22-23,29H,12-14H2,1-2H3,(H3,32,33)(H,34,38)(H,35,39)/t17?,22-,23+/m1/s1. The Kier molecular flexibility index (Phi) is 9.86. The first-order valence-electron chi connectivity index (χ1n) is 13.1. The molecule has 3 amide bonds. The van der Waals surface area contributed by atoms with Gasteiger partial charge in [0.1, 0.15) is 23.4 Å². The van der Waals surface area contributed by atoms with Gasteiger partial charge in [0.2, 0.25) is 11.8 Å². The second-order valence-electron chi connectivity index (χ2n) is 9.82. The average Bonchev–Trinajstić information content (AvgIpc) is 3.61. The van der Waals surface area contributed by atoms with Crippen LogP contribution in [0, 0.1) is 12.3 Å². The van der Waals surface area contributed by atoms with E-state index in [0.717, 1.165) is 15.3 Å². The SMILES string of the molecule is Cc1ccc(Oc2ccc(C(=O)NCC(=O)N3C[C@H](OC(F)F)C[C@H]3C(=O)NC(C)c3cc(C(=N)N)cs3)cc2)cc1. The van der Waals surface area contributed by atoms with Crippen molar-refractivity contribution in [3.05, 3.63) is 81.5 Å². The van der Waals surface area contributed by atoms with Crippen LogP contribution >= 0.6 is 11.3 Å². The van der Waals surface area contributed by atoms with E-state index in [9.17, 15) is 23.2 Å². The van der Waals surface area contributed by atoms with Gasteiger partial charge in [-0.05, 0) is 56.3 Å². The van der Waals surface area contributed by atoms with Gasteiger partial charge in [0, 0.05) is 34.3 Å². The first-order valence-corrected chi connectivity index (χ1v) is 14.0. The Labute approximate surface area is 245 Å². The molecule has 1 aliphatic rings. The molecule has 2 heterocycles. The summed E-state index contributed by atoms with van der Waals surface area (Å²) in [6, 6.07) is 13.9. The third-order valence-electron chi connectivity index (χ3n) is 6.67. The predicted octanol–water partition coefficient (Wildman–Crippen LogP) is 3.95. The van der Waals surface area contributed by atoms with Crippen molar-refractivity contribution in [2.24, 2.45) is 5.73 Å². The predicted molar refractivity (Wildman–Crippen MR) is 153 cm³/mol. The van der Waals surface area contributed by atoms with Crippen molar-refractivity contribution in [2.75, 3.05) is 13.1 Å². The van der Waals surface area contributed by atoms with Gasteiger partial charge in [-0.25, -0.2) is 0 Å². The van der Waals surface area contributed by atoms with Crippen LogP contribution in [0.25, 0.3) is 0 Å². The number of nitrogens with zero attached hydrogens (tertiary/aromatic N) is 1. The highest BCUT2D eigenvalue weighted by Gasteiger charge is 2.41. The molecule has 3 aromatic rings. The van der Waals surface area contributed by atoms with Crippen LogP contribution in [0.15, 0.2) is 60.0 Å². The van der Waals surface area contributed by atoms with Gasteiger partial charge in [0.25, 0.3) is 5.91 Å². The second kappa shape index (κ2) is 13.5. The molecular formula is C29H31F2N5O5S. The molecule has 1 saturated heterocycles. The van der Waals surface area contributed by atoms with Gasteiger partial charge in [-0.1, -0.05) is 17.7 Å². The lowest BCUT2D eigenvalue weighted by Crippen LogP contribution is -2.49. The number of ether oxygens (including phenoxy) is 2. The number of alkyl halides is 2. The first-order chi connectivity index (χ1) is 20.0. The molecule has 0 aliphatic carbocycles. The van der Waals surface area contributed by atoms with E-state index in [1.54, 1.807) is 42.6 Å². The molecule has 3 atom stereocenters. The Bertz CT molecular complexity index is 1430. The largest absolute Gasteiger partial charge is 0.457 e. The summed E-state index contributed by atoms with van der Waals surface area (Å²) in [6.45, 7) is -0.0612. The molecular weight excluding hydrogens is 568 g/mol. The number of rotatable bonds is 11. The molecule has 0 bridgehead atoms. The van der Waals surface area contributed by atoms with E-state index < -0.39 is 49.1 Å². The number of carbonyl (C=O) groups excluding carboxylic acids is 3. The van der Waals surface area contributed by atoms with Crippen LogP contribution in [-0.4, -0.2) is 60.3 Å². The number of halogens is 2. The first kappa shape index (κ1) is 30.6. The molecule has 10 nitrogen and oxygen atoms in total. The summed E-state index contributed by atoms with van der Waals surface area (Å²) in [4.78, 5) is 40.8. The van der Waals surface area contributed by atoms with Crippen LogP contribution in [-0.2, 0) is 14.3 Å². The minimum Gasteiger partial charge on any atom is -0.457 e. The molecule has 0 spiro atoms. The monoisotopic (exact) mass is 599 g/mol. The number of hydrogen-bond donors (Lipinski definition) is 4. The van der Waals surface area contributed by atoms with E-state index in [1.807, 2.05) is 31.2 Å². The lowest BCUT2D eigenvalue weighted by Gasteiger charge is -2.25. The van der Waals surface area contributed by atoms with Crippen molar-refractivity contribution in [3.63, 3.8) is 0 Å². The summed E-state index contributed by atoms with van der Waals surface area (Å²) < 4.78 is 36.2. The summed E-state index contributed by atoms with van der Waals surface area (Å²) in [5.41, 5.74) is 7.40. The maximum absolute atomic E-state index is 13.1. The Morgan fingerprint density at radius 3 is 2.33 bits per heavy atom. The second-order valence-corrected chi connectivity index (χ2v) is 10.8. The maximum atomic E-state index is 13.1. The molecule has 0 radical (unpaired) electrons. The fraction of sp³-hybridized carbons (Fsp3) is 0.310. The van der Waals surface area contributed by atoms with E-state index in [2.05, 4.69) is 15.4 Å². The highest BCUT2D eigenvalue weighted by molar-refractivity contribution is 7.10. The van der Waals surface area contributed by atoms with Gasteiger partial charge in [-0.2, -0.15) is 8.78 Å². The van der Waals surface area contributed by atoms with Crippen molar-refractivity contribution in [1.82, 2.24) is 15.5 Å². The fourth-order valence-corrected chi connectivity index (χ4v) is 5.36. The van der Waals surface area contributed by atoms with Gasteiger partial charge >= 0.3 is 6.61 Å². The van der Waals surface area contributed by atoms with Crippen molar-refractivity contribution in [1.29, 1.82) is 5.41 Å². The van der Waals surface area contributed by atoms with Crippen LogP contribution in [0.3, 0.4) is 0 Å². The number of hydrogen-bond acceptors (Lipinski definition) is 7. The third kappa shape index (κ3) is 7.89. The van der Waals surface area contributed by atoms with Crippen molar-refractivity contribution in [2.45, 2.75) is 45.1 Å². The molecule has 0 saturated carbocycles. The quantitative estimate of drug-likeness (QED) is 0.194. The smallest absolute Gasteiger partial charge is 0.345 e. The molecule has 222 valence electrons. The average molecular weight is 600 g/mol. The normalized spacial score (nSPS) is 17.1. The highest BCUT2D eigenvalue weighted by Crippen LogP contribution is 2.26. The summed E-state index contributed by atoms with van der Waals surface area (Å²) in [5.74, 6) is -0.637. The zero-order valence-electron chi connectivity index (χ0n) is 22.9. The van der Waals surface area contributed by atoms with Crippen LogP contribution < -0.4 is 21.1 Å². The number of thiophene rings is 1. The zero-order chi connectivity index (χ0) is 30.4. The number of amidine groups is 1. The maximum Gasteiger partial charge on any atom is 0.345 e. The van der Waals surface area contributed by atoms with E-state index in [1.165, 1.54) is 11.3 Å². The Hall–Kier alpha value is -4.36. The van der Waals surface area contributed by atoms with E-state index >= 15 is 0 Å². The van der Waals surface area contributed by atoms with Crippen molar-refractivity contribution < 1.29 is 32.6 Å². The van der Waals surface area contributed by atoms with Crippen LogP contribution in [0.4, 0.5) is 8.78 Å². The number of likely N-dealkylation sites (tertiary alicyclic amines) is 1. The lowest BCUT2D eigenvalue weighted by atomic mass is 10.1.